The summed E-state index contributed by atoms with van der Waals surface area (Å²) in [6, 6.07) is 0. The van der Waals surface area contributed by atoms with Gasteiger partial charge in [0.15, 0.2) is 0 Å². The number of hydrogen-bond donors (Lipinski definition) is 0. The lowest BCUT2D eigenvalue weighted by Gasteiger charge is -2.31. The van der Waals surface area contributed by atoms with Crippen LogP contribution in [0, 0.1) is 5.41 Å². The van der Waals surface area contributed by atoms with Gasteiger partial charge in [-0.15, -0.1) is 0 Å². The van der Waals surface area contributed by atoms with Gasteiger partial charge in [0.1, 0.15) is 31.8 Å². The molecule has 0 N–H and O–H groups in total. The predicted molar refractivity (Wildman–Crippen MR) is 341 cm³/mol. The molecule has 0 saturated heterocycles. The first-order valence-electron chi connectivity index (χ1n) is 32.6. The summed E-state index contributed by atoms with van der Waals surface area (Å²) < 4.78 is 23.8. The molecule has 0 saturated carbocycles. The molecule has 0 spiro atoms. The van der Waals surface area contributed by atoms with Gasteiger partial charge in [-0.05, 0) is 37.2 Å². The summed E-state index contributed by atoms with van der Waals surface area (Å²) in [5, 5.41) is 0.903. The molecule has 0 bridgehead atoms. The Morgan fingerprint density at radius 1 is 0.299 bits per heavy atom. The van der Waals surface area contributed by atoms with Gasteiger partial charge in [-0.3, -0.25) is 19.2 Å². The second-order valence-corrected chi connectivity index (χ2v) is 28.2. The third kappa shape index (κ3) is 55.6. The minimum Gasteiger partial charge on any atom is -0.465 e. The summed E-state index contributed by atoms with van der Waals surface area (Å²) >= 11 is 7.15. The summed E-state index contributed by atoms with van der Waals surface area (Å²) in [5.74, 6) is 3.18. The van der Waals surface area contributed by atoms with E-state index in [1.54, 1.807) is 47.0 Å². The maximum atomic E-state index is 13.4. The van der Waals surface area contributed by atoms with Crippen LogP contribution in [0.4, 0.5) is 0 Å². The number of rotatable bonds is 62. The van der Waals surface area contributed by atoms with Gasteiger partial charge in [-0.1, -0.05) is 260 Å². The maximum Gasteiger partial charge on any atom is 0.306 e. The van der Waals surface area contributed by atoms with Crippen molar-refractivity contribution in [3.63, 3.8) is 0 Å². The Morgan fingerprint density at radius 2 is 0.519 bits per heavy atom. The van der Waals surface area contributed by atoms with E-state index in [-0.39, 0.29) is 76.0 Å². The Bertz CT molecular complexity index is 1210. The molecule has 0 aliphatic carbocycles. The number of esters is 4. The van der Waals surface area contributed by atoms with E-state index in [0.717, 1.165) is 37.2 Å². The van der Waals surface area contributed by atoms with Crippen LogP contribution in [-0.4, -0.2) is 95.3 Å². The van der Waals surface area contributed by atoms with Crippen molar-refractivity contribution >= 4 is 70.9 Å². The molecular formula is C65H124O8S4. The summed E-state index contributed by atoms with van der Waals surface area (Å²) in [4.78, 5) is 53.4. The number of unbranched alkanes of at least 4 members (excludes halogenated alkanes) is 32. The molecule has 2 unspecified atom stereocenters. The van der Waals surface area contributed by atoms with Crippen LogP contribution in [0.25, 0.3) is 0 Å². The fraction of sp³-hybridized carbons (Fsp3) is 0.938. The van der Waals surface area contributed by atoms with E-state index in [0.29, 0.717) is 33.5 Å². The molecule has 0 rings (SSSR count). The normalized spacial score (nSPS) is 12.4. The van der Waals surface area contributed by atoms with Crippen LogP contribution in [0.15, 0.2) is 0 Å². The lowest BCUT2D eigenvalue weighted by molar-refractivity contribution is -0.170. The monoisotopic (exact) mass is 1160 g/mol. The van der Waals surface area contributed by atoms with Gasteiger partial charge in [0.2, 0.25) is 0 Å². The quantitative estimate of drug-likeness (QED) is 0.0329. The van der Waals surface area contributed by atoms with E-state index in [9.17, 15) is 19.2 Å². The van der Waals surface area contributed by atoms with Crippen molar-refractivity contribution in [3.05, 3.63) is 0 Å². The van der Waals surface area contributed by atoms with E-state index in [4.69, 9.17) is 18.9 Å². The number of ether oxygens (including phenoxy) is 4. The second-order valence-electron chi connectivity index (χ2n) is 22.6. The minimum atomic E-state index is -1.24. The van der Waals surface area contributed by atoms with Crippen molar-refractivity contribution in [2.45, 2.75) is 322 Å². The molecule has 456 valence electrons. The molecule has 12 heteroatoms. The molecule has 0 fully saturated rings. The molecule has 0 aromatic rings. The first-order valence-corrected chi connectivity index (χ1v) is 37.0. The average molecular weight is 1160 g/mol. The SMILES string of the molecule is CCCCCCCCCCCCSCCC(=O)OCC(COC(=O)CCSCCCCCCCCCCCC)(COC(=O)CCSC(C)CCCCCCCCCC)COC(=O)CCSC(C)CCCCCCCCCC. The van der Waals surface area contributed by atoms with Gasteiger partial charge in [-0.25, -0.2) is 0 Å². The highest BCUT2D eigenvalue weighted by molar-refractivity contribution is 8.00. The van der Waals surface area contributed by atoms with Crippen LogP contribution < -0.4 is 0 Å². The first kappa shape index (κ1) is 76.3. The standard InChI is InChI=1S/C65H124O8S4/c1-7-11-15-19-23-27-29-33-37-41-49-74-51-45-61(66)70-55-65(56-71-62(67)46-52-75-50-42-38-34-30-28-24-20-16-12-8-2,57-72-63(68)47-53-76-59(5)43-39-35-31-25-21-17-13-9-3)58-73-64(69)48-54-77-60(6)44-40-36-32-26-22-18-14-10-4/h59-60H,7-58H2,1-6H3. The van der Waals surface area contributed by atoms with Gasteiger partial charge in [-0.2, -0.15) is 47.0 Å². The fourth-order valence-corrected chi connectivity index (χ4v) is 13.2. The third-order valence-electron chi connectivity index (χ3n) is 14.7. The third-order valence-corrected chi connectivity index (χ3v) is 19.3. The zero-order valence-corrected chi connectivity index (χ0v) is 54.6. The van der Waals surface area contributed by atoms with Crippen LogP contribution >= 0.6 is 47.0 Å². The van der Waals surface area contributed by atoms with Crippen LogP contribution in [0.1, 0.15) is 311 Å². The second kappa shape index (κ2) is 59.9. The largest absolute Gasteiger partial charge is 0.465 e. The number of hydrogen-bond acceptors (Lipinski definition) is 12. The molecule has 2 atom stereocenters. The minimum absolute atomic E-state index is 0.189. The summed E-state index contributed by atoms with van der Waals surface area (Å²) in [6.07, 6.45) is 49.9. The fourth-order valence-electron chi connectivity index (χ4n) is 9.36. The predicted octanol–water partition coefficient (Wildman–Crippen LogP) is 20.3. The molecule has 0 heterocycles. The van der Waals surface area contributed by atoms with E-state index in [2.05, 4.69) is 41.5 Å². The van der Waals surface area contributed by atoms with Gasteiger partial charge in [0.05, 0.1) is 25.7 Å². The molecule has 0 aromatic carbocycles. The zero-order chi connectivity index (χ0) is 56.4. The highest BCUT2D eigenvalue weighted by Gasteiger charge is 2.38. The molecule has 8 nitrogen and oxygen atoms in total. The Morgan fingerprint density at radius 3 is 0.779 bits per heavy atom. The Labute approximate surface area is 494 Å². The van der Waals surface area contributed by atoms with Crippen molar-refractivity contribution in [2.24, 2.45) is 5.41 Å². The van der Waals surface area contributed by atoms with Crippen molar-refractivity contribution in [2.75, 3.05) is 60.9 Å². The van der Waals surface area contributed by atoms with Gasteiger partial charge >= 0.3 is 23.9 Å². The Kier molecular flexibility index (Phi) is 59.3. The molecule has 0 radical (unpaired) electrons. The smallest absolute Gasteiger partial charge is 0.306 e. The lowest BCUT2D eigenvalue weighted by atomic mass is 9.92. The highest BCUT2D eigenvalue weighted by atomic mass is 32.2. The zero-order valence-electron chi connectivity index (χ0n) is 51.3. The average Bonchev–Trinajstić information content (AvgIpc) is 3.42. The van der Waals surface area contributed by atoms with Crippen LogP contribution in [0.3, 0.4) is 0 Å². The van der Waals surface area contributed by atoms with Crippen molar-refractivity contribution < 1.29 is 38.1 Å². The first-order chi connectivity index (χ1) is 37.6. The van der Waals surface area contributed by atoms with Crippen LogP contribution in [0.2, 0.25) is 0 Å². The van der Waals surface area contributed by atoms with E-state index >= 15 is 0 Å². The Hall–Kier alpha value is -0.720. The van der Waals surface area contributed by atoms with Gasteiger partial charge in [0.25, 0.3) is 0 Å². The van der Waals surface area contributed by atoms with Crippen molar-refractivity contribution in [1.82, 2.24) is 0 Å². The molecule has 0 amide bonds. The van der Waals surface area contributed by atoms with Gasteiger partial charge < -0.3 is 18.9 Å². The Balaban J connectivity index is 5.58. The maximum absolute atomic E-state index is 13.4. The lowest BCUT2D eigenvalue weighted by Crippen LogP contribution is -2.44. The molecule has 77 heavy (non-hydrogen) atoms. The van der Waals surface area contributed by atoms with E-state index in [1.807, 2.05) is 0 Å². The van der Waals surface area contributed by atoms with Crippen LogP contribution in [0.5, 0.6) is 0 Å². The molecule has 0 aromatic heterocycles. The molecule has 0 aliphatic heterocycles. The number of carbonyl (C=O) groups is 4. The molecular weight excluding hydrogens is 1040 g/mol. The van der Waals surface area contributed by atoms with Crippen LogP contribution in [-0.2, 0) is 38.1 Å². The number of thioether (sulfide) groups is 4. The van der Waals surface area contributed by atoms with E-state index in [1.165, 1.54) is 218 Å². The molecule has 0 aliphatic rings. The van der Waals surface area contributed by atoms with Gasteiger partial charge in [0, 0.05) is 33.5 Å². The van der Waals surface area contributed by atoms with E-state index < -0.39 is 5.41 Å². The highest BCUT2D eigenvalue weighted by Crippen LogP contribution is 2.26. The summed E-state index contributed by atoms with van der Waals surface area (Å²) in [5.41, 5.74) is -1.24. The number of carbonyl (C=O) groups excluding carboxylic acids is 4. The summed E-state index contributed by atoms with van der Waals surface area (Å²) in [7, 11) is 0. The topological polar surface area (TPSA) is 105 Å². The summed E-state index contributed by atoms with van der Waals surface area (Å²) in [6.45, 7) is 12.8. The van der Waals surface area contributed by atoms with Crippen molar-refractivity contribution in [1.29, 1.82) is 0 Å². The van der Waals surface area contributed by atoms with Crippen molar-refractivity contribution in [3.8, 4) is 0 Å².